The van der Waals surface area contributed by atoms with Crippen molar-refractivity contribution in [3.8, 4) is 22.6 Å². The summed E-state index contributed by atoms with van der Waals surface area (Å²) in [5.74, 6) is -0.634. The molecule has 1 N–H and O–H groups in total. The first kappa shape index (κ1) is 15.6. The van der Waals surface area contributed by atoms with Crippen LogP contribution in [-0.4, -0.2) is 24.3 Å². The monoisotopic (exact) mass is 304 g/mol. The van der Waals surface area contributed by atoms with E-state index < -0.39 is 17.4 Å². The number of hydrogen-bond acceptors (Lipinski definition) is 5. The first-order chi connectivity index (χ1) is 10.6. The van der Waals surface area contributed by atoms with Gasteiger partial charge in [0.05, 0.1) is 13.2 Å². The highest BCUT2D eigenvalue weighted by Crippen LogP contribution is 2.33. The van der Waals surface area contributed by atoms with Gasteiger partial charge < -0.3 is 19.0 Å². The fourth-order valence-electron chi connectivity index (χ4n) is 2.02. The van der Waals surface area contributed by atoms with Crippen LogP contribution in [-0.2, 0) is 0 Å². The zero-order valence-corrected chi connectivity index (χ0v) is 12.3. The predicted molar refractivity (Wildman–Crippen MR) is 79.7 cm³/mol. The van der Waals surface area contributed by atoms with Crippen LogP contribution in [0.4, 0.5) is 0 Å². The Balaban J connectivity index is 2.55. The Kier molecular flexibility index (Phi) is 4.83. The highest BCUT2D eigenvalue weighted by Gasteiger charge is 2.17. The highest BCUT2D eigenvalue weighted by atomic mass is 16.5. The molecule has 0 aliphatic carbocycles. The minimum Gasteiger partial charge on any atom is -0.490 e. The van der Waals surface area contributed by atoms with Gasteiger partial charge in [-0.05, 0) is 37.6 Å². The molecule has 1 aromatic heterocycles. The Labute approximate surface area is 126 Å². The molecule has 0 atom stereocenters. The maximum Gasteiger partial charge on any atom is 0.372 e. The number of hydrogen-bond donors (Lipinski definition) is 1. The Hall–Kier alpha value is -2.76. The van der Waals surface area contributed by atoms with Crippen molar-refractivity contribution in [1.29, 1.82) is 0 Å². The van der Waals surface area contributed by atoms with Gasteiger partial charge in [-0.3, -0.25) is 0 Å². The van der Waals surface area contributed by atoms with Crippen molar-refractivity contribution in [3.63, 3.8) is 0 Å². The second kappa shape index (κ2) is 6.80. The standard InChI is InChI=1S/C16H16O6/c1-3-20-12-7-5-10(9-13(12)21-4-2)11-6-8-14(17)22-15(11)16(18)19/h5-9H,3-4H2,1-2H3,(H,18,19). The van der Waals surface area contributed by atoms with Crippen LogP contribution in [0.15, 0.2) is 39.5 Å². The lowest BCUT2D eigenvalue weighted by Crippen LogP contribution is -2.07. The fraction of sp³-hybridized carbons (Fsp3) is 0.250. The van der Waals surface area contributed by atoms with Gasteiger partial charge in [0.25, 0.3) is 0 Å². The summed E-state index contributed by atoms with van der Waals surface area (Å²) in [5.41, 5.74) is 0.154. The van der Waals surface area contributed by atoms with Crippen molar-refractivity contribution in [2.45, 2.75) is 13.8 Å². The van der Waals surface area contributed by atoms with Crippen molar-refractivity contribution in [1.82, 2.24) is 0 Å². The van der Waals surface area contributed by atoms with Crippen LogP contribution >= 0.6 is 0 Å². The number of carbonyl (C=O) groups is 1. The molecular weight excluding hydrogens is 288 g/mol. The van der Waals surface area contributed by atoms with Gasteiger partial charge >= 0.3 is 11.6 Å². The van der Waals surface area contributed by atoms with E-state index in [-0.39, 0.29) is 0 Å². The van der Waals surface area contributed by atoms with Crippen LogP contribution in [0.3, 0.4) is 0 Å². The third-order valence-corrected chi connectivity index (χ3v) is 2.88. The molecule has 0 unspecified atom stereocenters. The van der Waals surface area contributed by atoms with E-state index in [0.717, 1.165) is 0 Å². The summed E-state index contributed by atoms with van der Waals surface area (Å²) in [6.45, 7) is 4.63. The molecule has 22 heavy (non-hydrogen) atoms. The minimum absolute atomic E-state index is 0.302. The van der Waals surface area contributed by atoms with Crippen LogP contribution < -0.4 is 15.1 Å². The van der Waals surface area contributed by atoms with E-state index >= 15 is 0 Å². The third-order valence-electron chi connectivity index (χ3n) is 2.88. The Morgan fingerprint density at radius 1 is 1.09 bits per heavy atom. The average molecular weight is 304 g/mol. The summed E-state index contributed by atoms with van der Waals surface area (Å²) in [7, 11) is 0. The van der Waals surface area contributed by atoms with E-state index in [0.29, 0.717) is 35.8 Å². The smallest absolute Gasteiger partial charge is 0.372 e. The normalized spacial score (nSPS) is 10.3. The quantitative estimate of drug-likeness (QED) is 0.883. The number of ether oxygens (including phenoxy) is 2. The van der Waals surface area contributed by atoms with Gasteiger partial charge in [-0.15, -0.1) is 0 Å². The summed E-state index contributed by atoms with van der Waals surface area (Å²) >= 11 is 0. The third kappa shape index (κ3) is 3.28. The van der Waals surface area contributed by atoms with Crippen molar-refractivity contribution in [2.24, 2.45) is 0 Å². The summed E-state index contributed by atoms with van der Waals surface area (Å²) in [6.07, 6.45) is 0. The topological polar surface area (TPSA) is 86.0 Å². The fourth-order valence-corrected chi connectivity index (χ4v) is 2.02. The number of carboxylic acid groups (broad SMARTS) is 1. The molecule has 0 radical (unpaired) electrons. The summed E-state index contributed by atoms with van der Waals surface area (Å²) in [5, 5.41) is 9.17. The summed E-state index contributed by atoms with van der Waals surface area (Å²) in [4.78, 5) is 22.5. The first-order valence-corrected chi connectivity index (χ1v) is 6.84. The predicted octanol–water partition coefficient (Wildman–Crippen LogP) is 2.80. The van der Waals surface area contributed by atoms with E-state index in [2.05, 4.69) is 0 Å². The Morgan fingerprint density at radius 2 is 1.77 bits per heavy atom. The van der Waals surface area contributed by atoms with Gasteiger partial charge in [0.15, 0.2) is 11.5 Å². The molecular formula is C16H16O6. The van der Waals surface area contributed by atoms with Gasteiger partial charge in [0, 0.05) is 11.6 Å². The molecule has 6 heteroatoms. The zero-order valence-electron chi connectivity index (χ0n) is 12.3. The Morgan fingerprint density at radius 3 is 2.41 bits per heavy atom. The van der Waals surface area contributed by atoms with Gasteiger partial charge in [-0.25, -0.2) is 9.59 Å². The number of carboxylic acids is 1. The van der Waals surface area contributed by atoms with E-state index in [9.17, 15) is 14.7 Å². The van der Waals surface area contributed by atoms with E-state index in [1.54, 1.807) is 18.2 Å². The molecule has 1 heterocycles. The van der Waals surface area contributed by atoms with Crippen molar-refractivity contribution in [2.75, 3.05) is 13.2 Å². The summed E-state index contributed by atoms with van der Waals surface area (Å²) in [6, 6.07) is 7.64. The van der Waals surface area contributed by atoms with Crippen molar-refractivity contribution < 1.29 is 23.8 Å². The maximum absolute atomic E-state index is 11.2. The molecule has 0 saturated carbocycles. The molecule has 0 amide bonds. The molecule has 0 aliphatic heterocycles. The molecule has 1 aromatic carbocycles. The highest BCUT2D eigenvalue weighted by molar-refractivity contribution is 5.93. The largest absolute Gasteiger partial charge is 0.490 e. The maximum atomic E-state index is 11.2. The molecule has 0 aliphatic rings. The molecule has 0 fully saturated rings. The van der Waals surface area contributed by atoms with Crippen molar-refractivity contribution >= 4 is 5.97 Å². The SMILES string of the molecule is CCOc1ccc(-c2ccc(=O)oc2C(=O)O)cc1OCC. The van der Waals surface area contributed by atoms with Crippen LogP contribution in [0.2, 0.25) is 0 Å². The summed E-state index contributed by atoms with van der Waals surface area (Å²) < 4.78 is 15.7. The van der Waals surface area contributed by atoms with Gasteiger partial charge in [-0.1, -0.05) is 6.07 Å². The molecule has 0 bridgehead atoms. The lowest BCUT2D eigenvalue weighted by atomic mass is 10.0. The molecule has 116 valence electrons. The van der Waals surface area contributed by atoms with E-state index in [1.807, 2.05) is 13.8 Å². The van der Waals surface area contributed by atoms with Crippen LogP contribution in [0, 0.1) is 0 Å². The minimum atomic E-state index is -1.31. The number of rotatable bonds is 6. The van der Waals surface area contributed by atoms with E-state index in [4.69, 9.17) is 13.9 Å². The molecule has 0 spiro atoms. The van der Waals surface area contributed by atoms with Crippen LogP contribution in [0.5, 0.6) is 11.5 Å². The second-order valence-electron chi connectivity index (χ2n) is 4.33. The second-order valence-corrected chi connectivity index (χ2v) is 4.33. The van der Waals surface area contributed by atoms with Crippen LogP contribution in [0.25, 0.3) is 11.1 Å². The van der Waals surface area contributed by atoms with E-state index in [1.165, 1.54) is 12.1 Å². The number of benzene rings is 1. The average Bonchev–Trinajstić information content (AvgIpc) is 2.49. The lowest BCUT2D eigenvalue weighted by molar-refractivity contribution is 0.0658. The van der Waals surface area contributed by atoms with Gasteiger partial charge in [0.2, 0.25) is 5.76 Å². The molecule has 6 nitrogen and oxygen atoms in total. The Bertz CT molecular complexity index is 732. The van der Waals surface area contributed by atoms with Crippen LogP contribution in [0.1, 0.15) is 24.4 Å². The van der Waals surface area contributed by atoms with Gasteiger partial charge in [0.1, 0.15) is 0 Å². The molecule has 0 saturated heterocycles. The lowest BCUT2D eigenvalue weighted by Gasteiger charge is -2.13. The van der Waals surface area contributed by atoms with Gasteiger partial charge in [-0.2, -0.15) is 0 Å². The zero-order chi connectivity index (χ0) is 16.1. The molecule has 2 rings (SSSR count). The number of aromatic carboxylic acids is 1. The van der Waals surface area contributed by atoms with Crippen molar-refractivity contribution in [3.05, 3.63) is 46.5 Å². The molecule has 2 aromatic rings. The first-order valence-electron chi connectivity index (χ1n) is 6.84.